The van der Waals surface area contributed by atoms with Crippen LogP contribution in [0.2, 0.25) is 0 Å². The van der Waals surface area contributed by atoms with Crippen LogP contribution in [0.25, 0.3) is 0 Å². The van der Waals surface area contributed by atoms with E-state index in [1.54, 1.807) is 0 Å². The van der Waals surface area contributed by atoms with Gasteiger partial charge in [-0.2, -0.15) is 0 Å². The zero-order valence-electron chi connectivity index (χ0n) is 9.22. The van der Waals surface area contributed by atoms with Gasteiger partial charge in [0.05, 0.1) is 12.2 Å². The molecule has 1 saturated carbocycles. The fourth-order valence-corrected chi connectivity index (χ4v) is 2.24. The third-order valence-electron chi connectivity index (χ3n) is 3.64. The highest BCUT2D eigenvalue weighted by molar-refractivity contribution is 5.01. The van der Waals surface area contributed by atoms with Gasteiger partial charge in [0.25, 0.3) is 0 Å². The van der Waals surface area contributed by atoms with E-state index in [1.165, 1.54) is 0 Å². The molecule has 1 atom stereocenters. The smallest absolute Gasteiger partial charge is 0.0725 e. The van der Waals surface area contributed by atoms with Crippen molar-refractivity contribution in [1.82, 2.24) is 0 Å². The van der Waals surface area contributed by atoms with E-state index >= 15 is 0 Å². The maximum Gasteiger partial charge on any atom is 0.0725 e. The fraction of sp³-hybridized carbons (Fsp3) is 1.00. The minimum Gasteiger partial charge on any atom is -0.396 e. The van der Waals surface area contributed by atoms with Gasteiger partial charge in [-0.1, -0.05) is 27.7 Å². The van der Waals surface area contributed by atoms with Gasteiger partial charge >= 0.3 is 0 Å². The van der Waals surface area contributed by atoms with Gasteiger partial charge in [0.15, 0.2) is 0 Å². The maximum absolute atomic E-state index is 10.4. The van der Waals surface area contributed by atoms with Crippen molar-refractivity contribution < 1.29 is 10.2 Å². The van der Waals surface area contributed by atoms with Crippen molar-refractivity contribution in [2.75, 3.05) is 6.61 Å². The molecule has 1 aliphatic carbocycles. The monoisotopic (exact) mass is 186 g/mol. The number of hydrogen-bond donors (Lipinski definition) is 2. The Morgan fingerprint density at radius 3 is 2.08 bits per heavy atom. The second-order valence-corrected chi connectivity index (χ2v) is 5.91. The van der Waals surface area contributed by atoms with Crippen LogP contribution in [0, 0.1) is 10.8 Å². The lowest BCUT2D eigenvalue weighted by Crippen LogP contribution is -2.45. The second-order valence-electron chi connectivity index (χ2n) is 5.91. The van der Waals surface area contributed by atoms with Crippen molar-refractivity contribution in [1.29, 1.82) is 0 Å². The van der Waals surface area contributed by atoms with E-state index in [0.29, 0.717) is 0 Å². The summed E-state index contributed by atoms with van der Waals surface area (Å²) < 4.78 is 0. The third-order valence-corrected chi connectivity index (χ3v) is 3.64. The zero-order chi connectivity index (χ0) is 10.3. The number of rotatable bonds is 2. The van der Waals surface area contributed by atoms with Gasteiger partial charge in [0, 0.05) is 5.41 Å². The van der Waals surface area contributed by atoms with E-state index in [9.17, 15) is 10.2 Å². The summed E-state index contributed by atoms with van der Waals surface area (Å²) in [5.41, 5.74) is -0.826. The first-order chi connectivity index (χ1) is 5.72. The predicted octanol–water partition coefficient (Wildman–Crippen LogP) is 1.95. The summed E-state index contributed by atoms with van der Waals surface area (Å²) in [6.45, 7) is 8.29. The number of aliphatic hydroxyl groups excluding tert-OH is 1. The second kappa shape index (κ2) is 2.96. The van der Waals surface area contributed by atoms with Gasteiger partial charge in [0.2, 0.25) is 0 Å². The molecule has 0 radical (unpaired) electrons. The Labute approximate surface area is 81.0 Å². The molecule has 0 aromatic heterocycles. The van der Waals surface area contributed by atoms with Crippen molar-refractivity contribution >= 4 is 0 Å². The van der Waals surface area contributed by atoms with Gasteiger partial charge in [-0.3, -0.25) is 0 Å². The van der Waals surface area contributed by atoms with Crippen LogP contribution in [0.5, 0.6) is 0 Å². The molecule has 1 rings (SSSR count). The quantitative estimate of drug-likeness (QED) is 0.692. The summed E-state index contributed by atoms with van der Waals surface area (Å²) in [4.78, 5) is 0. The van der Waals surface area contributed by atoms with Crippen molar-refractivity contribution in [2.24, 2.45) is 10.8 Å². The van der Waals surface area contributed by atoms with E-state index in [-0.39, 0.29) is 17.4 Å². The summed E-state index contributed by atoms with van der Waals surface area (Å²) in [6.07, 6.45) is 2.66. The van der Waals surface area contributed by atoms with E-state index in [0.717, 1.165) is 19.3 Å². The molecule has 0 aromatic carbocycles. The van der Waals surface area contributed by atoms with E-state index in [1.807, 2.05) is 13.8 Å². The van der Waals surface area contributed by atoms with Crippen LogP contribution < -0.4 is 0 Å². The van der Waals surface area contributed by atoms with E-state index < -0.39 is 5.60 Å². The largest absolute Gasteiger partial charge is 0.396 e. The van der Waals surface area contributed by atoms with Gasteiger partial charge in [-0.15, -0.1) is 0 Å². The molecule has 0 amide bonds. The topological polar surface area (TPSA) is 40.5 Å². The molecule has 2 nitrogen and oxygen atoms in total. The molecule has 0 aliphatic heterocycles. The Hall–Kier alpha value is -0.0800. The number of hydrogen-bond acceptors (Lipinski definition) is 2. The Bertz CT molecular complexity index is 196. The molecule has 0 aromatic rings. The van der Waals surface area contributed by atoms with Crippen molar-refractivity contribution in [3.63, 3.8) is 0 Å². The van der Waals surface area contributed by atoms with Crippen molar-refractivity contribution in [2.45, 2.75) is 52.6 Å². The molecule has 78 valence electrons. The highest BCUT2D eigenvalue weighted by Gasteiger charge is 2.50. The maximum atomic E-state index is 10.4. The molecule has 2 heteroatoms. The first-order valence-electron chi connectivity index (χ1n) is 5.06. The molecule has 0 bridgehead atoms. The molecule has 13 heavy (non-hydrogen) atoms. The van der Waals surface area contributed by atoms with Crippen LogP contribution in [-0.2, 0) is 0 Å². The molecular weight excluding hydrogens is 164 g/mol. The Balaban J connectivity index is 2.81. The van der Waals surface area contributed by atoms with Crippen molar-refractivity contribution in [3.8, 4) is 0 Å². The lowest BCUT2D eigenvalue weighted by Gasteiger charge is -2.39. The highest BCUT2D eigenvalue weighted by atomic mass is 16.3. The normalized spacial score (nSPS) is 33.7. The molecule has 2 N–H and O–H groups in total. The number of aliphatic hydroxyl groups is 2. The average molecular weight is 186 g/mol. The van der Waals surface area contributed by atoms with Crippen LogP contribution in [-0.4, -0.2) is 22.4 Å². The first-order valence-corrected chi connectivity index (χ1v) is 5.06. The van der Waals surface area contributed by atoms with Gasteiger partial charge in [-0.25, -0.2) is 0 Å². The van der Waals surface area contributed by atoms with Crippen LogP contribution in [0.4, 0.5) is 0 Å². The summed E-state index contributed by atoms with van der Waals surface area (Å²) >= 11 is 0. The Morgan fingerprint density at radius 1 is 1.23 bits per heavy atom. The lowest BCUT2D eigenvalue weighted by molar-refractivity contribution is -0.0907. The summed E-state index contributed by atoms with van der Waals surface area (Å²) in [7, 11) is 0. The molecule has 0 spiro atoms. The van der Waals surface area contributed by atoms with Crippen LogP contribution >= 0.6 is 0 Å². The van der Waals surface area contributed by atoms with Crippen LogP contribution in [0.1, 0.15) is 47.0 Å². The predicted molar refractivity (Wildman–Crippen MR) is 53.4 cm³/mol. The Kier molecular flexibility index (Phi) is 2.50. The van der Waals surface area contributed by atoms with Gasteiger partial charge < -0.3 is 10.2 Å². The summed E-state index contributed by atoms with van der Waals surface area (Å²) in [6, 6.07) is 0. The molecule has 0 heterocycles. The SMILES string of the molecule is CC1(C)CCC(O)(C(C)(C)CO)C1. The highest BCUT2D eigenvalue weighted by Crippen LogP contribution is 2.51. The molecule has 1 unspecified atom stereocenters. The zero-order valence-corrected chi connectivity index (χ0v) is 9.22. The standard InChI is InChI=1S/C11H22O2/c1-9(2)5-6-11(13,7-9)10(3,4)8-12/h12-13H,5-8H2,1-4H3. The minimum atomic E-state index is -0.675. The van der Waals surface area contributed by atoms with Gasteiger partial charge in [-0.05, 0) is 24.7 Å². The molecular formula is C11H22O2. The first kappa shape index (κ1) is 11.0. The van der Waals surface area contributed by atoms with Crippen molar-refractivity contribution in [3.05, 3.63) is 0 Å². The Morgan fingerprint density at radius 2 is 1.77 bits per heavy atom. The fourth-order valence-electron chi connectivity index (χ4n) is 2.24. The van der Waals surface area contributed by atoms with E-state index in [2.05, 4.69) is 13.8 Å². The lowest BCUT2D eigenvalue weighted by atomic mass is 9.72. The molecule has 0 saturated heterocycles. The van der Waals surface area contributed by atoms with E-state index in [4.69, 9.17) is 0 Å². The molecule has 1 aliphatic rings. The summed E-state index contributed by atoms with van der Waals surface area (Å²) in [5.74, 6) is 0. The van der Waals surface area contributed by atoms with Crippen LogP contribution in [0.15, 0.2) is 0 Å². The molecule has 1 fully saturated rings. The van der Waals surface area contributed by atoms with Gasteiger partial charge in [0.1, 0.15) is 0 Å². The average Bonchev–Trinajstić information content (AvgIpc) is 2.27. The van der Waals surface area contributed by atoms with Crippen LogP contribution in [0.3, 0.4) is 0 Å². The minimum absolute atomic E-state index is 0.0551. The summed E-state index contributed by atoms with van der Waals surface area (Å²) in [5, 5.41) is 19.6. The third kappa shape index (κ3) is 1.89.